The predicted molar refractivity (Wildman–Crippen MR) is 74.9 cm³/mol. The second-order valence-corrected chi connectivity index (χ2v) is 7.91. The quantitative estimate of drug-likeness (QED) is 0.637. The lowest BCUT2D eigenvalue weighted by Crippen LogP contribution is -2.60. The molecule has 1 N–H and O–H groups in total. The van der Waals surface area contributed by atoms with Crippen LogP contribution >= 0.6 is 0 Å². The number of rotatable bonds is 3. The van der Waals surface area contributed by atoms with Gasteiger partial charge in [0.1, 0.15) is 11.0 Å². The third kappa shape index (κ3) is 1.65. The molecule has 4 bridgehead atoms. The fourth-order valence-corrected chi connectivity index (χ4v) is 5.62. The second kappa shape index (κ2) is 3.68. The Kier molecular flexibility index (Phi) is 2.37. The van der Waals surface area contributed by atoms with Gasteiger partial charge >= 0.3 is 5.97 Å². The van der Waals surface area contributed by atoms with Gasteiger partial charge in [0.25, 0.3) is 0 Å². The summed E-state index contributed by atoms with van der Waals surface area (Å²) in [4.78, 5) is 12.6. The Hall–Kier alpha value is -0.830. The Morgan fingerprint density at radius 1 is 1.35 bits per heavy atom. The number of ether oxygens (including phenoxy) is 1. The standard InChI is InChI=1S/C17H24O3/c1-3-17(5-11(17)2)14(18)20-16-8-12-4-13(9-16)7-15(19,6-12)10-16/h5,12-13,19H,3-4,6-10H2,1-2H3. The van der Waals surface area contributed by atoms with E-state index < -0.39 is 11.0 Å². The molecule has 0 heterocycles. The molecule has 5 rings (SSSR count). The van der Waals surface area contributed by atoms with Crippen LogP contribution < -0.4 is 0 Å². The van der Waals surface area contributed by atoms with Crippen LogP contribution in [-0.4, -0.2) is 22.3 Å². The zero-order valence-corrected chi connectivity index (χ0v) is 12.4. The van der Waals surface area contributed by atoms with E-state index in [2.05, 4.69) is 0 Å². The summed E-state index contributed by atoms with van der Waals surface area (Å²) in [7, 11) is 0. The van der Waals surface area contributed by atoms with Crippen LogP contribution in [0.5, 0.6) is 0 Å². The summed E-state index contributed by atoms with van der Waals surface area (Å²) in [6.07, 6.45) is 8.48. The van der Waals surface area contributed by atoms with Crippen molar-refractivity contribution in [1.82, 2.24) is 0 Å². The van der Waals surface area contributed by atoms with E-state index in [9.17, 15) is 9.90 Å². The molecule has 0 aliphatic heterocycles. The molecular weight excluding hydrogens is 252 g/mol. The maximum Gasteiger partial charge on any atom is 0.320 e. The van der Waals surface area contributed by atoms with E-state index in [1.54, 1.807) is 0 Å². The lowest BCUT2D eigenvalue weighted by Gasteiger charge is -2.59. The lowest BCUT2D eigenvalue weighted by atomic mass is 9.52. The number of hydrogen-bond acceptors (Lipinski definition) is 3. The highest BCUT2D eigenvalue weighted by Gasteiger charge is 2.61. The first-order chi connectivity index (χ1) is 9.39. The molecule has 0 aromatic rings. The van der Waals surface area contributed by atoms with Gasteiger partial charge in [0.2, 0.25) is 0 Å². The van der Waals surface area contributed by atoms with Crippen molar-refractivity contribution in [2.24, 2.45) is 17.3 Å². The Bertz CT molecular complexity index is 492. The summed E-state index contributed by atoms with van der Waals surface area (Å²) < 4.78 is 6.05. The monoisotopic (exact) mass is 276 g/mol. The largest absolute Gasteiger partial charge is 0.458 e. The van der Waals surface area contributed by atoms with Crippen LogP contribution in [0.1, 0.15) is 58.8 Å². The number of carbonyl (C=O) groups is 1. The van der Waals surface area contributed by atoms with E-state index in [0.29, 0.717) is 18.3 Å². The Balaban J connectivity index is 1.55. The van der Waals surface area contributed by atoms with Crippen molar-refractivity contribution in [3.63, 3.8) is 0 Å². The van der Waals surface area contributed by atoms with Crippen LogP contribution in [0.2, 0.25) is 0 Å². The first kappa shape index (κ1) is 12.9. The topological polar surface area (TPSA) is 46.5 Å². The zero-order valence-electron chi connectivity index (χ0n) is 12.4. The zero-order chi connectivity index (χ0) is 14.2. The molecule has 4 saturated carbocycles. The van der Waals surface area contributed by atoms with Gasteiger partial charge in [0, 0.05) is 6.42 Å². The van der Waals surface area contributed by atoms with E-state index >= 15 is 0 Å². The van der Waals surface area contributed by atoms with E-state index in [-0.39, 0.29) is 11.6 Å². The number of esters is 1. The van der Waals surface area contributed by atoms with Crippen molar-refractivity contribution >= 4 is 5.97 Å². The maximum absolute atomic E-state index is 12.6. The molecule has 3 nitrogen and oxygen atoms in total. The average molecular weight is 276 g/mol. The summed E-state index contributed by atoms with van der Waals surface area (Å²) in [5, 5.41) is 10.7. The third-order valence-electron chi connectivity index (χ3n) is 6.29. The molecule has 20 heavy (non-hydrogen) atoms. The fraction of sp³-hybridized carbons (Fsp3) is 0.824. The molecule has 4 fully saturated rings. The van der Waals surface area contributed by atoms with Crippen LogP contribution in [0.3, 0.4) is 0 Å². The molecule has 0 saturated heterocycles. The average Bonchev–Trinajstić information content (AvgIpc) is 2.97. The minimum Gasteiger partial charge on any atom is -0.458 e. The van der Waals surface area contributed by atoms with Crippen LogP contribution in [0, 0.1) is 17.3 Å². The van der Waals surface area contributed by atoms with Gasteiger partial charge in [-0.3, -0.25) is 4.79 Å². The molecule has 3 heteroatoms. The normalized spacial score (nSPS) is 51.9. The SMILES string of the molecule is CCC1(C(=O)OC23CC4CC(CC(O)(C4)C2)C3)C=C1C. The number of hydrogen-bond donors (Lipinski definition) is 1. The van der Waals surface area contributed by atoms with E-state index in [4.69, 9.17) is 4.74 Å². The molecule has 3 unspecified atom stereocenters. The summed E-state index contributed by atoms with van der Waals surface area (Å²) in [6, 6.07) is 0. The first-order valence-corrected chi connectivity index (χ1v) is 8.04. The van der Waals surface area contributed by atoms with Crippen molar-refractivity contribution in [1.29, 1.82) is 0 Å². The van der Waals surface area contributed by atoms with Crippen LogP contribution in [0.25, 0.3) is 0 Å². The van der Waals surface area contributed by atoms with Gasteiger partial charge in [0.05, 0.1) is 5.60 Å². The van der Waals surface area contributed by atoms with Crippen molar-refractivity contribution < 1.29 is 14.6 Å². The van der Waals surface area contributed by atoms with Gasteiger partial charge in [-0.2, -0.15) is 0 Å². The Morgan fingerprint density at radius 2 is 1.95 bits per heavy atom. The summed E-state index contributed by atoms with van der Waals surface area (Å²) in [6.45, 7) is 4.06. The summed E-state index contributed by atoms with van der Waals surface area (Å²) in [5.41, 5.74) is -0.190. The molecular formula is C17H24O3. The smallest absolute Gasteiger partial charge is 0.320 e. The predicted octanol–water partition coefficient (Wildman–Crippen LogP) is 2.97. The third-order valence-corrected chi connectivity index (χ3v) is 6.29. The molecule has 0 aromatic carbocycles. The second-order valence-electron chi connectivity index (χ2n) is 7.91. The molecule has 0 spiro atoms. The fourth-order valence-electron chi connectivity index (χ4n) is 5.62. The summed E-state index contributed by atoms with van der Waals surface area (Å²) >= 11 is 0. The van der Waals surface area contributed by atoms with Crippen LogP contribution in [0.4, 0.5) is 0 Å². The van der Waals surface area contributed by atoms with E-state index in [1.807, 2.05) is 19.9 Å². The highest BCUT2D eigenvalue weighted by Crippen LogP contribution is 2.60. The highest BCUT2D eigenvalue weighted by atomic mass is 16.6. The first-order valence-electron chi connectivity index (χ1n) is 8.04. The lowest BCUT2D eigenvalue weighted by molar-refractivity contribution is -0.222. The molecule has 110 valence electrons. The van der Waals surface area contributed by atoms with Gasteiger partial charge in [-0.15, -0.1) is 0 Å². The van der Waals surface area contributed by atoms with Gasteiger partial charge in [-0.25, -0.2) is 0 Å². The van der Waals surface area contributed by atoms with Gasteiger partial charge in [0.15, 0.2) is 0 Å². The minimum absolute atomic E-state index is 0.0666. The van der Waals surface area contributed by atoms with Crippen molar-refractivity contribution in [3.8, 4) is 0 Å². The highest BCUT2D eigenvalue weighted by molar-refractivity contribution is 5.88. The minimum atomic E-state index is -0.560. The molecule has 5 aliphatic carbocycles. The van der Waals surface area contributed by atoms with Gasteiger partial charge in [-0.05, 0) is 57.3 Å². The molecule has 5 aliphatic rings. The Morgan fingerprint density at radius 3 is 2.40 bits per heavy atom. The van der Waals surface area contributed by atoms with Gasteiger partial charge in [-0.1, -0.05) is 18.6 Å². The van der Waals surface area contributed by atoms with E-state index in [1.165, 1.54) is 6.42 Å². The van der Waals surface area contributed by atoms with Crippen LogP contribution in [-0.2, 0) is 9.53 Å². The van der Waals surface area contributed by atoms with Gasteiger partial charge < -0.3 is 9.84 Å². The maximum atomic E-state index is 12.6. The van der Waals surface area contributed by atoms with Crippen molar-refractivity contribution in [2.75, 3.05) is 0 Å². The molecule has 0 amide bonds. The van der Waals surface area contributed by atoms with E-state index in [0.717, 1.165) is 37.7 Å². The molecule has 3 atom stereocenters. The Labute approximate surface area is 120 Å². The number of carbonyl (C=O) groups excluding carboxylic acids is 1. The van der Waals surface area contributed by atoms with Crippen molar-refractivity contribution in [2.45, 2.75) is 70.0 Å². The molecule has 0 radical (unpaired) electrons. The molecule has 0 aromatic heterocycles. The van der Waals surface area contributed by atoms with Crippen LogP contribution in [0.15, 0.2) is 11.6 Å². The number of aliphatic hydroxyl groups is 1. The van der Waals surface area contributed by atoms with Crippen molar-refractivity contribution in [3.05, 3.63) is 11.6 Å². The summed E-state index contributed by atoms with van der Waals surface area (Å²) in [5.74, 6) is 1.04.